The Morgan fingerprint density at radius 1 is 1.53 bits per heavy atom. The van der Waals surface area contributed by atoms with Crippen molar-refractivity contribution in [1.82, 2.24) is 0 Å². The van der Waals surface area contributed by atoms with Crippen molar-refractivity contribution in [2.45, 2.75) is 24.5 Å². The second-order valence-electron chi connectivity index (χ2n) is 4.02. The van der Waals surface area contributed by atoms with Gasteiger partial charge in [0.25, 0.3) is 0 Å². The van der Waals surface area contributed by atoms with Gasteiger partial charge in [-0.3, -0.25) is 0 Å². The lowest BCUT2D eigenvalue weighted by Gasteiger charge is -2.20. The fourth-order valence-corrected chi connectivity index (χ4v) is 1.65. The van der Waals surface area contributed by atoms with Crippen LogP contribution in [-0.4, -0.2) is 17.8 Å². The first-order valence-electron chi connectivity index (χ1n) is 4.87. The summed E-state index contributed by atoms with van der Waals surface area (Å²) in [5.41, 5.74) is 5.70. The SMILES string of the molecule is COc1ccc(F)cc1C(O)C1(N)CC1. The second kappa shape index (κ2) is 3.47. The Morgan fingerprint density at radius 3 is 2.73 bits per heavy atom. The Labute approximate surface area is 87.7 Å². The van der Waals surface area contributed by atoms with Crippen LogP contribution < -0.4 is 10.5 Å². The van der Waals surface area contributed by atoms with Crippen molar-refractivity contribution in [2.75, 3.05) is 7.11 Å². The smallest absolute Gasteiger partial charge is 0.124 e. The van der Waals surface area contributed by atoms with E-state index in [1.54, 1.807) is 0 Å². The van der Waals surface area contributed by atoms with Gasteiger partial charge in [-0.05, 0) is 31.0 Å². The van der Waals surface area contributed by atoms with Crippen LogP contribution in [0.5, 0.6) is 5.75 Å². The highest BCUT2D eigenvalue weighted by atomic mass is 19.1. The number of halogens is 1. The molecule has 3 N–H and O–H groups in total. The molecule has 1 unspecified atom stereocenters. The minimum Gasteiger partial charge on any atom is -0.496 e. The quantitative estimate of drug-likeness (QED) is 0.793. The van der Waals surface area contributed by atoms with Gasteiger partial charge in [-0.1, -0.05) is 0 Å². The minimum atomic E-state index is -0.858. The Kier molecular flexibility index (Phi) is 2.40. The standard InChI is InChI=1S/C11H14FNO2/c1-15-9-3-2-7(12)6-8(9)10(14)11(13)4-5-11/h2-3,6,10,14H,4-5,13H2,1H3. The van der Waals surface area contributed by atoms with Gasteiger partial charge < -0.3 is 15.6 Å². The number of aliphatic hydroxyl groups is 1. The predicted molar refractivity (Wildman–Crippen MR) is 54.1 cm³/mol. The van der Waals surface area contributed by atoms with E-state index in [-0.39, 0.29) is 0 Å². The zero-order valence-electron chi connectivity index (χ0n) is 8.53. The van der Waals surface area contributed by atoms with Crippen LogP contribution in [0.2, 0.25) is 0 Å². The maximum absolute atomic E-state index is 13.0. The second-order valence-corrected chi connectivity index (χ2v) is 4.02. The molecule has 0 heterocycles. The van der Waals surface area contributed by atoms with E-state index in [9.17, 15) is 9.50 Å². The molecule has 3 nitrogen and oxygen atoms in total. The van der Waals surface area contributed by atoms with E-state index >= 15 is 0 Å². The highest BCUT2D eigenvalue weighted by Gasteiger charge is 2.46. The van der Waals surface area contributed by atoms with E-state index in [1.807, 2.05) is 0 Å². The van der Waals surface area contributed by atoms with Crippen molar-refractivity contribution in [3.8, 4) is 5.75 Å². The molecule has 1 fully saturated rings. The van der Waals surface area contributed by atoms with Gasteiger partial charge in [0, 0.05) is 11.1 Å². The number of ether oxygens (including phenoxy) is 1. The largest absolute Gasteiger partial charge is 0.496 e. The van der Waals surface area contributed by atoms with Crippen LogP contribution in [0.3, 0.4) is 0 Å². The van der Waals surface area contributed by atoms with Crippen molar-refractivity contribution < 1.29 is 14.2 Å². The van der Waals surface area contributed by atoms with E-state index in [1.165, 1.54) is 25.3 Å². The highest BCUT2D eigenvalue weighted by molar-refractivity contribution is 5.38. The summed E-state index contributed by atoms with van der Waals surface area (Å²) >= 11 is 0. The van der Waals surface area contributed by atoms with Crippen molar-refractivity contribution >= 4 is 0 Å². The molecule has 82 valence electrons. The van der Waals surface area contributed by atoms with Gasteiger partial charge in [-0.25, -0.2) is 4.39 Å². The van der Waals surface area contributed by atoms with Crippen molar-refractivity contribution in [3.05, 3.63) is 29.6 Å². The lowest BCUT2D eigenvalue weighted by atomic mass is 10.00. The van der Waals surface area contributed by atoms with Gasteiger partial charge in [0.05, 0.1) is 7.11 Å². The third kappa shape index (κ3) is 1.82. The lowest BCUT2D eigenvalue weighted by molar-refractivity contribution is 0.132. The Hall–Kier alpha value is -1.13. The van der Waals surface area contributed by atoms with Crippen LogP contribution in [0.1, 0.15) is 24.5 Å². The summed E-state index contributed by atoms with van der Waals surface area (Å²) in [6.07, 6.45) is 0.657. The van der Waals surface area contributed by atoms with Crippen LogP contribution in [0.25, 0.3) is 0 Å². The topological polar surface area (TPSA) is 55.5 Å². The minimum absolute atomic E-state index is 0.394. The first-order valence-corrected chi connectivity index (χ1v) is 4.87. The Morgan fingerprint density at radius 2 is 2.20 bits per heavy atom. The monoisotopic (exact) mass is 211 g/mol. The first kappa shape index (κ1) is 10.4. The normalized spacial score (nSPS) is 19.7. The molecule has 0 bridgehead atoms. The Bertz CT molecular complexity index is 377. The number of methoxy groups -OCH3 is 1. The van der Waals surface area contributed by atoms with Gasteiger partial charge in [0.1, 0.15) is 17.7 Å². The molecule has 0 aromatic heterocycles. The summed E-state index contributed by atoms with van der Waals surface area (Å²) in [5.74, 6) is 0.0784. The molecular formula is C11H14FNO2. The summed E-state index contributed by atoms with van der Waals surface area (Å²) in [6.45, 7) is 0. The van der Waals surface area contributed by atoms with Gasteiger partial charge >= 0.3 is 0 Å². The molecule has 1 atom stereocenters. The molecule has 2 rings (SSSR count). The molecule has 1 aromatic carbocycles. The third-order valence-corrected chi connectivity index (χ3v) is 2.86. The average Bonchev–Trinajstić information content (AvgIpc) is 2.96. The molecule has 0 amide bonds. The van der Waals surface area contributed by atoms with Crippen LogP contribution in [-0.2, 0) is 0 Å². The molecule has 0 aliphatic heterocycles. The van der Waals surface area contributed by atoms with Gasteiger partial charge in [-0.2, -0.15) is 0 Å². The molecule has 1 aromatic rings. The van der Waals surface area contributed by atoms with Crippen molar-refractivity contribution in [2.24, 2.45) is 5.73 Å². The maximum atomic E-state index is 13.0. The van der Waals surface area contributed by atoms with Crippen LogP contribution in [0, 0.1) is 5.82 Å². The van der Waals surface area contributed by atoms with Gasteiger partial charge in [0.15, 0.2) is 0 Å². The fraction of sp³-hybridized carbons (Fsp3) is 0.455. The summed E-state index contributed by atoms with van der Waals surface area (Å²) in [5, 5.41) is 9.98. The van der Waals surface area contributed by atoms with E-state index < -0.39 is 17.5 Å². The molecular weight excluding hydrogens is 197 g/mol. The molecule has 1 aliphatic rings. The molecule has 0 saturated heterocycles. The van der Waals surface area contributed by atoms with E-state index in [0.29, 0.717) is 11.3 Å². The Balaban J connectivity index is 2.36. The number of aliphatic hydroxyl groups excluding tert-OH is 1. The predicted octanol–water partition coefficient (Wildman–Crippen LogP) is 1.36. The zero-order valence-corrected chi connectivity index (χ0v) is 8.53. The summed E-state index contributed by atoms with van der Waals surface area (Å²) in [4.78, 5) is 0. The molecule has 15 heavy (non-hydrogen) atoms. The van der Waals surface area contributed by atoms with E-state index in [4.69, 9.17) is 10.5 Å². The lowest BCUT2D eigenvalue weighted by Crippen LogP contribution is -2.30. The number of benzene rings is 1. The molecule has 1 saturated carbocycles. The van der Waals surface area contributed by atoms with Crippen LogP contribution >= 0.6 is 0 Å². The van der Waals surface area contributed by atoms with Gasteiger partial charge in [-0.15, -0.1) is 0 Å². The molecule has 0 spiro atoms. The third-order valence-electron chi connectivity index (χ3n) is 2.86. The molecule has 4 heteroatoms. The van der Waals surface area contributed by atoms with E-state index in [2.05, 4.69) is 0 Å². The first-order chi connectivity index (χ1) is 7.07. The summed E-state index contributed by atoms with van der Waals surface area (Å²) < 4.78 is 18.1. The molecule has 1 aliphatic carbocycles. The van der Waals surface area contributed by atoms with Gasteiger partial charge in [0.2, 0.25) is 0 Å². The van der Waals surface area contributed by atoms with E-state index in [0.717, 1.165) is 12.8 Å². The zero-order chi connectivity index (χ0) is 11.1. The number of hydrogen-bond donors (Lipinski definition) is 2. The highest BCUT2D eigenvalue weighted by Crippen LogP contribution is 2.45. The maximum Gasteiger partial charge on any atom is 0.124 e. The van der Waals surface area contributed by atoms with Crippen molar-refractivity contribution in [3.63, 3.8) is 0 Å². The number of rotatable bonds is 3. The summed E-state index contributed by atoms with van der Waals surface area (Å²) in [6, 6.07) is 4.07. The number of hydrogen-bond acceptors (Lipinski definition) is 3. The average molecular weight is 211 g/mol. The van der Waals surface area contributed by atoms with Crippen LogP contribution in [0.4, 0.5) is 4.39 Å². The van der Waals surface area contributed by atoms with Crippen molar-refractivity contribution in [1.29, 1.82) is 0 Å². The fourth-order valence-electron chi connectivity index (χ4n) is 1.65. The summed E-state index contributed by atoms with van der Waals surface area (Å²) in [7, 11) is 1.49. The number of nitrogens with two attached hydrogens (primary N) is 1. The molecule has 0 radical (unpaired) electrons. The van der Waals surface area contributed by atoms with Crippen LogP contribution in [0.15, 0.2) is 18.2 Å².